The van der Waals surface area contributed by atoms with Crippen molar-refractivity contribution in [2.45, 2.75) is 0 Å². The summed E-state index contributed by atoms with van der Waals surface area (Å²) in [4.78, 5) is 40.0. The van der Waals surface area contributed by atoms with E-state index >= 15 is 0 Å². The highest BCUT2D eigenvalue weighted by Crippen LogP contribution is 2.34. The van der Waals surface area contributed by atoms with Gasteiger partial charge in [0.05, 0.1) is 22.0 Å². The molecule has 0 unspecified atom stereocenters. The Labute approximate surface area is 215 Å². The molecule has 0 saturated carbocycles. The molecular formula is C25H15BrN4O7. The molecule has 0 spiro atoms. The van der Waals surface area contributed by atoms with Crippen LogP contribution in [-0.2, 0) is 4.79 Å². The van der Waals surface area contributed by atoms with Crippen LogP contribution >= 0.6 is 15.9 Å². The predicted molar refractivity (Wildman–Crippen MR) is 138 cm³/mol. The first-order chi connectivity index (χ1) is 17.8. The Bertz CT molecular complexity index is 1760. The molecule has 5 aromatic rings. The quantitative estimate of drug-likeness (QED) is 0.168. The minimum atomic E-state index is -1.32. The molecule has 1 N–H and O–H groups in total. The number of furan rings is 1. The van der Waals surface area contributed by atoms with Gasteiger partial charge in [0.1, 0.15) is 5.58 Å². The maximum absolute atomic E-state index is 13.4. The van der Waals surface area contributed by atoms with E-state index in [0.29, 0.717) is 21.0 Å². The summed E-state index contributed by atoms with van der Waals surface area (Å²) in [6, 6.07) is 18.4. The van der Waals surface area contributed by atoms with Crippen molar-refractivity contribution in [1.82, 2.24) is 9.66 Å². The van der Waals surface area contributed by atoms with Crippen LogP contribution in [0.25, 0.3) is 33.5 Å². The third kappa shape index (κ3) is 4.69. The van der Waals surface area contributed by atoms with Gasteiger partial charge < -0.3 is 14.3 Å². The first-order valence-electron chi connectivity index (χ1n) is 10.7. The summed E-state index contributed by atoms with van der Waals surface area (Å²) in [5.74, 6) is -1.24. The van der Waals surface area contributed by atoms with Crippen molar-refractivity contribution < 1.29 is 24.0 Å². The van der Waals surface area contributed by atoms with Gasteiger partial charge in [0.2, 0.25) is 11.6 Å². The van der Waals surface area contributed by atoms with Crippen LogP contribution in [0.2, 0.25) is 0 Å². The zero-order valence-electron chi connectivity index (χ0n) is 18.7. The largest absolute Gasteiger partial charge is 0.479 e. The van der Waals surface area contributed by atoms with Gasteiger partial charge in [-0.3, -0.25) is 14.9 Å². The Balaban J connectivity index is 1.72. The van der Waals surface area contributed by atoms with E-state index in [4.69, 9.17) is 14.3 Å². The van der Waals surface area contributed by atoms with E-state index < -0.39 is 28.7 Å². The summed E-state index contributed by atoms with van der Waals surface area (Å²) in [7, 11) is 0. The second kappa shape index (κ2) is 9.66. The van der Waals surface area contributed by atoms with Crippen molar-refractivity contribution in [3.8, 4) is 17.3 Å². The number of para-hydroxylation sites is 2. The maximum Gasteiger partial charge on any atom is 0.341 e. The van der Waals surface area contributed by atoms with Gasteiger partial charge >= 0.3 is 11.7 Å². The average molecular weight is 563 g/mol. The number of rotatable bonds is 7. The highest BCUT2D eigenvalue weighted by atomic mass is 79.9. The number of carboxylic acid groups (broad SMARTS) is 1. The smallest absolute Gasteiger partial charge is 0.341 e. The number of hydrogen-bond acceptors (Lipinski definition) is 8. The number of hydrogen-bond donors (Lipinski definition) is 1. The molecule has 5 rings (SSSR count). The summed E-state index contributed by atoms with van der Waals surface area (Å²) in [6.07, 6.45) is 1.17. The maximum atomic E-state index is 13.4. The van der Waals surface area contributed by atoms with E-state index in [1.807, 2.05) is 18.2 Å². The molecule has 0 fully saturated rings. The third-order valence-corrected chi connectivity index (χ3v) is 5.77. The van der Waals surface area contributed by atoms with Gasteiger partial charge in [0.25, 0.3) is 5.56 Å². The average Bonchev–Trinajstić information content (AvgIpc) is 3.31. The molecule has 37 heavy (non-hydrogen) atoms. The molecule has 2 heterocycles. The molecule has 0 atom stereocenters. The van der Waals surface area contributed by atoms with Crippen LogP contribution in [-0.4, -0.2) is 38.5 Å². The van der Waals surface area contributed by atoms with Crippen molar-refractivity contribution >= 4 is 55.7 Å². The first kappa shape index (κ1) is 23.9. The van der Waals surface area contributed by atoms with Crippen LogP contribution in [0.15, 0.2) is 85.5 Å². The third-order valence-electron chi connectivity index (χ3n) is 5.31. The van der Waals surface area contributed by atoms with Gasteiger partial charge in [-0.2, -0.15) is 9.78 Å². The van der Waals surface area contributed by atoms with Gasteiger partial charge in [-0.1, -0.05) is 46.3 Å². The summed E-state index contributed by atoms with van der Waals surface area (Å²) in [5, 5.41) is 26.0. The fourth-order valence-corrected chi connectivity index (χ4v) is 4.19. The van der Waals surface area contributed by atoms with Crippen molar-refractivity contribution in [3.05, 3.63) is 97.2 Å². The lowest BCUT2D eigenvalue weighted by Crippen LogP contribution is -2.20. The van der Waals surface area contributed by atoms with Crippen molar-refractivity contribution in [3.63, 3.8) is 0 Å². The number of carboxylic acids is 1. The minimum absolute atomic E-state index is 0.0675. The number of nitrogens with zero attached hydrogens (tertiary/aromatic N) is 4. The Morgan fingerprint density at radius 2 is 1.95 bits per heavy atom. The Morgan fingerprint density at radius 1 is 1.19 bits per heavy atom. The monoisotopic (exact) mass is 562 g/mol. The van der Waals surface area contributed by atoms with Crippen LogP contribution in [0.4, 0.5) is 5.69 Å². The van der Waals surface area contributed by atoms with E-state index in [9.17, 15) is 19.7 Å². The van der Waals surface area contributed by atoms with Gasteiger partial charge in [0.15, 0.2) is 12.4 Å². The van der Waals surface area contributed by atoms with E-state index in [-0.39, 0.29) is 22.9 Å². The Morgan fingerprint density at radius 3 is 2.70 bits per heavy atom. The lowest BCUT2D eigenvalue weighted by Gasteiger charge is -2.10. The summed E-state index contributed by atoms with van der Waals surface area (Å²) >= 11 is 3.21. The fourth-order valence-electron chi connectivity index (χ4n) is 3.72. The second-order valence-corrected chi connectivity index (χ2v) is 8.66. The van der Waals surface area contributed by atoms with Crippen LogP contribution in [0.5, 0.6) is 5.75 Å². The van der Waals surface area contributed by atoms with Crippen molar-refractivity contribution in [2.24, 2.45) is 5.10 Å². The van der Waals surface area contributed by atoms with E-state index in [0.717, 1.165) is 10.1 Å². The second-order valence-electron chi connectivity index (χ2n) is 7.75. The molecule has 12 heteroatoms. The number of nitro groups is 1. The van der Waals surface area contributed by atoms with Crippen LogP contribution in [0.3, 0.4) is 0 Å². The first-order valence-corrected chi connectivity index (χ1v) is 11.5. The summed E-state index contributed by atoms with van der Waals surface area (Å²) in [6.45, 7) is -0.814. The molecule has 11 nitrogen and oxygen atoms in total. The highest BCUT2D eigenvalue weighted by molar-refractivity contribution is 9.10. The number of halogens is 1. The highest BCUT2D eigenvalue weighted by Gasteiger charge is 2.22. The van der Waals surface area contributed by atoms with Gasteiger partial charge in [0, 0.05) is 21.5 Å². The van der Waals surface area contributed by atoms with Crippen LogP contribution in [0.1, 0.15) is 5.56 Å². The normalized spacial score (nSPS) is 11.4. The molecule has 184 valence electrons. The number of aliphatic carboxylic acids is 1. The standard InChI is InChI=1S/C25H15BrN4O7/c26-16-9-15(23(36-13-22(31)32)19(11-16)30(34)35)12-27-29-24(21-10-14-5-1-4-8-20(14)37-21)28-18-7-3-2-6-17(18)25(29)33/h1-12H,13H2,(H,31,32). The zero-order valence-corrected chi connectivity index (χ0v) is 20.3. The number of carbonyl (C=O) groups is 1. The van der Waals surface area contributed by atoms with E-state index in [2.05, 4.69) is 26.0 Å². The number of nitro benzene ring substituents is 1. The molecular weight excluding hydrogens is 548 g/mol. The van der Waals surface area contributed by atoms with Gasteiger partial charge in [-0.15, -0.1) is 0 Å². The molecule has 0 aliphatic carbocycles. The lowest BCUT2D eigenvalue weighted by atomic mass is 10.2. The van der Waals surface area contributed by atoms with Crippen molar-refractivity contribution in [1.29, 1.82) is 0 Å². The molecule has 0 amide bonds. The van der Waals surface area contributed by atoms with E-state index in [1.54, 1.807) is 36.4 Å². The van der Waals surface area contributed by atoms with Crippen molar-refractivity contribution in [2.75, 3.05) is 6.61 Å². The topological polar surface area (TPSA) is 150 Å². The molecule has 3 aromatic carbocycles. The van der Waals surface area contributed by atoms with Gasteiger partial charge in [-0.25, -0.2) is 9.78 Å². The Hall–Kier alpha value is -4.84. The molecule has 0 saturated heterocycles. The molecule has 2 aromatic heterocycles. The predicted octanol–water partition coefficient (Wildman–Crippen LogP) is 4.83. The molecule has 0 radical (unpaired) electrons. The van der Waals surface area contributed by atoms with Crippen LogP contribution < -0.4 is 10.3 Å². The molecule has 0 aliphatic rings. The zero-order chi connectivity index (χ0) is 26.1. The number of fused-ring (bicyclic) bond motifs is 2. The van der Waals surface area contributed by atoms with Gasteiger partial charge in [-0.05, 0) is 30.3 Å². The van der Waals surface area contributed by atoms with E-state index in [1.165, 1.54) is 18.3 Å². The number of aromatic nitrogens is 2. The minimum Gasteiger partial charge on any atom is -0.479 e. The van der Waals surface area contributed by atoms with Crippen LogP contribution in [0, 0.1) is 10.1 Å². The molecule has 0 bridgehead atoms. The molecule has 0 aliphatic heterocycles. The fraction of sp³-hybridized carbons (Fsp3) is 0.0400. The lowest BCUT2D eigenvalue weighted by molar-refractivity contribution is -0.385. The summed E-state index contributed by atoms with van der Waals surface area (Å²) in [5.41, 5.74) is 0.103. The number of ether oxygens (including phenoxy) is 1. The number of benzene rings is 3. The Kier molecular flexibility index (Phi) is 6.24. The summed E-state index contributed by atoms with van der Waals surface area (Å²) < 4.78 is 12.5. The SMILES string of the molecule is O=C(O)COc1c(C=Nn2c(-c3cc4ccccc4o3)nc3ccccc3c2=O)cc(Br)cc1[N+](=O)[O-].